The van der Waals surface area contributed by atoms with Gasteiger partial charge in [0.1, 0.15) is 5.82 Å². The van der Waals surface area contributed by atoms with E-state index in [0.29, 0.717) is 5.92 Å². The average molecular weight is 353 g/mol. The number of thiazole rings is 1. The number of pyridine rings is 1. The maximum Gasteiger partial charge on any atom is 0.161 e. The average Bonchev–Trinajstić information content (AvgIpc) is 3.11. The molecular formula is C19H23N5S. The molecule has 0 amide bonds. The molecule has 0 spiro atoms. The molecule has 0 aromatic carbocycles. The van der Waals surface area contributed by atoms with Gasteiger partial charge in [-0.15, -0.1) is 11.3 Å². The van der Waals surface area contributed by atoms with E-state index in [9.17, 15) is 0 Å². The van der Waals surface area contributed by atoms with Crippen molar-refractivity contribution in [3.05, 3.63) is 52.4 Å². The van der Waals surface area contributed by atoms with Crippen molar-refractivity contribution in [1.82, 2.24) is 19.9 Å². The van der Waals surface area contributed by atoms with Crippen molar-refractivity contribution in [3.63, 3.8) is 0 Å². The Morgan fingerprint density at radius 2 is 1.88 bits per heavy atom. The quantitative estimate of drug-likeness (QED) is 0.685. The number of nitrogens with one attached hydrogen (secondary N) is 1. The summed E-state index contributed by atoms with van der Waals surface area (Å²) in [7, 11) is 0. The molecule has 0 atom stereocenters. The van der Waals surface area contributed by atoms with Gasteiger partial charge in [0.25, 0.3) is 0 Å². The minimum absolute atomic E-state index is 0.489. The normalized spacial score (nSPS) is 11.0. The van der Waals surface area contributed by atoms with E-state index in [-0.39, 0.29) is 0 Å². The van der Waals surface area contributed by atoms with Crippen LogP contribution in [0.5, 0.6) is 0 Å². The lowest BCUT2D eigenvalue weighted by Crippen LogP contribution is -2.08. The lowest BCUT2D eigenvalue weighted by Gasteiger charge is -2.09. The van der Waals surface area contributed by atoms with Crippen LogP contribution in [-0.4, -0.2) is 26.5 Å². The molecule has 3 aromatic heterocycles. The number of hydrogen-bond acceptors (Lipinski definition) is 6. The molecule has 0 fully saturated rings. The Hall–Kier alpha value is -2.34. The Morgan fingerprint density at radius 1 is 1.08 bits per heavy atom. The van der Waals surface area contributed by atoms with E-state index >= 15 is 0 Å². The van der Waals surface area contributed by atoms with Crippen molar-refractivity contribution >= 4 is 17.2 Å². The van der Waals surface area contributed by atoms with Crippen LogP contribution in [0.4, 0.5) is 5.82 Å². The molecular weight excluding hydrogens is 330 g/mol. The second kappa shape index (κ2) is 8.16. The highest BCUT2D eigenvalue weighted by Crippen LogP contribution is 2.20. The summed E-state index contributed by atoms with van der Waals surface area (Å²) < 4.78 is 0. The number of nitrogens with zero attached hydrogens (tertiary/aromatic N) is 4. The highest BCUT2D eigenvalue weighted by atomic mass is 32.1. The molecule has 0 radical (unpaired) electrons. The Labute approximate surface area is 152 Å². The van der Waals surface area contributed by atoms with Gasteiger partial charge in [0.2, 0.25) is 0 Å². The summed E-state index contributed by atoms with van der Waals surface area (Å²) in [5.74, 6) is 2.08. The molecule has 0 bridgehead atoms. The molecule has 0 unspecified atom stereocenters. The van der Waals surface area contributed by atoms with E-state index in [4.69, 9.17) is 0 Å². The van der Waals surface area contributed by atoms with E-state index in [2.05, 4.69) is 51.4 Å². The van der Waals surface area contributed by atoms with Crippen LogP contribution < -0.4 is 5.32 Å². The lowest BCUT2D eigenvalue weighted by atomic mass is 10.2. The standard InChI is InChI=1S/C19H23N5S/c1-4-15-11-17(24-18(22-15)14-5-8-20-9-6-14)21-10-7-16-12-25-19(23-16)13(2)3/h5-6,8-9,11-13H,4,7,10H2,1-3H3,(H,21,22,24). The predicted octanol–water partition coefficient (Wildman–Crippen LogP) is 4.34. The molecule has 25 heavy (non-hydrogen) atoms. The van der Waals surface area contributed by atoms with Crippen molar-refractivity contribution in [2.45, 2.75) is 39.5 Å². The van der Waals surface area contributed by atoms with Crippen LogP contribution in [-0.2, 0) is 12.8 Å². The van der Waals surface area contributed by atoms with Crippen LogP contribution in [0.3, 0.4) is 0 Å². The zero-order chi connectivity index (χ0) is 17.6. The van der Waals surface area contributed by atoms with E-state index in [1.807, 2.05) is 18.2 Å². The number of rotatable bonds is 7. The van der Waals surface area contributed by atoms with Gasteiger partial charge in [0.05, 0.1) is 10.7 Å². The van der Waals surface area contributed by atoms with Crippen LogP contribution in [0.25, 0.3) is 11.4 Å². The number of aromatic nitrogens is 4. The second-order valence-electron chi connectivity index (χ2n) is 6.17. The van der Waals surface area contributed by atoms with Gasteiger partial charge >= 0.3 is 0 Å². The van der Waals surface area contributed by atoms with Gasteiger partial charge in [-0.05, 0) is 18.6 Å². The number of hydrogen-bond donors (Lipinski definition) is 1. The third kappa shape index (κ3) is 4.60. The molecule has 3 aromatic rings. The van der Waals surface area contributed by atoms with Gasteiger partial charge in [0, 0.05) is 54.0 Å². The molecule has 0 aliphatic rings. The Balaban J connectivity index is 1.69. The van der Waals surface area contributed by atoms with Crippen molar-refractivity contribution in [3.8, 4) is 11.4 Å². The van der Waals surface area contributed by atoms with Gasteiger partial charge in [-0.2, -0.15) is 0 Å². The molecule has 3 rings (SSSR count). The number of aryl methyl sites for hydroxylation is 1. The smallest absolute Gasteiger partial charge is 0.161 e. The summed E-state index contributed by atoms with van der Waals surface area (Å²) in [5, 5.41) is 6.76. The fourth-order valence-electron chi connectivity index (χ4n) is 2.42. The summed E-state index contributed by atoms with van der Waals surface area (Å²) in [6, 6.07) is 5.88. The highest BCUT2D eigenvalue weighted by molar-refractivity contribution is 7.09. The summed E-state index contributed by atoms with van der Waals surface area (Å²) >= 11 is 1.74. The minimum atomic E-state index is 0.489. The van der Waals surface area contributed by atoms with Gasteiger partial charge < -0.3 is 5.32 Å². The monoisotopic (exact) mass is 353 g/mol. The maximum absolute atomic E-state index is 4.68. The molecule has 3 heterocycles. The van der Waals surface area contributed by atoms with E-state index in [1.54, 1.807) is 23.7 Å². The topological polar surface area (TPSA) is 63.6 Å². The van der Waals surface area contributed by atoms with Crippen molar-refractivity contribution in [1.29, 1.82) is 0 Å². The van der Waals surface area contributed by atoms with Crippen LogP contribution in [0, 0.1) is 0 Å². The summed E-state index contributed by atoms with van der Waals surface area (Å²) in [5.41, 5.74) is 3.15. The van der Waals surface area contributed by atoms with Crippen molar-refractivity contribution < 1.29 is 0 Å². The van der Waals surface area contributed by atoms with E-state index in [0.717, 1.165) is 48.0 Å². The van der Waals surface area contributed by atoms with Crippen LogP contribution in [0.2, 0.25) is 0 Å². The van der Waals surface area contributed by atoms with Crippen LogP contribution in [0.1, 0.15) is 43.1 Å². The fraction of sp³-hybridized carbons (Fsp3) is 0.368. The Kier molecular flexibility index (Phi) is 5.71. The van der Waals surface area contributed by atoms with Gasteiger partial charge in [0.15, 0.2) is 5.82 Å². The van der Waals surface area contributed by atoms with Gasteiger partial charge in [-0.1, -0.05) is 20.8 Å². The Bertz CT molecular complexity index is 814. The second-order valence-corrected chi connectivity index (χ2v) is 7.06. The first-order chi connectivity index (χ1) is 12.2. The largest absolute Gasteiger partial charge is 0.370 e. The zero-order valence-corrected chi connectivity index (χ0v) is 15.7. The molecule has 1 N–H and O–H groups in total. The Morgan fingerprint density at radius 3 is 2.56 bits per heavy atom. The molecule has 6 heteroatoms. The first-order valence-corrected chi connectivity index (χ1v) is 9.50. The third-order valence-electron chi connectivity index (χ3n) is 3.83. The molecule has 0 saturated heterocycles. The molecule has 5 nitrogen and oxygen atoms in total. The maximum atomic E-state index is 4.68. The van der Waals surface area contributed by atoms with Gasteiger partial charge in [-0.25, -0.2) is 15.0 Å². The molecule has 0 aliphatic heterocycles. The summed E-state index contributed by atoms with van der Waals surface area (Å²) in [6.45, 7) is 7.26. The fourth-order valence-corrected chi connectivity index (χ4v) is 3.29. The third-order valence-corrected chi connectivity index (χ3v) is 5.02. The molecule has 0 saturated carbocycles. The first kappa shape index (κ1) is 17.5. The van der Waals surface area contributed by atoms with Gasteiger partial charge in [-0.3, -0.25) is 4.98 Å². The van der Waals surface area contributed by atoms with E-state index in [1.165, 1.54) is 5.01 Å². The van der Waals surface area contributed by atoms with Crippen LogP contribution in [0.15, 0.2) is 36.0 Å². The SMILES string of the molecule is CCc1cc(NCCc2csc(C(C)C)n2)nc(-c2ccncc2)n1. The molecule has 0 aliphatic carbocycles. The van der Waals surface area contributed by atoms with Crippen LogP contribution >= 0.6 is 11.3 Å². The van der Waals surface area contributed by atoms with Crippen molar-refractivity contribution in [2.24, 2.45) is 0 Å². The lowest BCUT2D eigenvalue weighted by molar-refractivity contribution is 0.835. The summed E-state index contributed by atoms with van der Waals surface area (Å²) in [4.78, 5) is 18.0. The number of anilines is 1. The predicted molar refractivity (Wildman–Crippen MR) is 103 cm³/mol. The zero-order valence-electron chi connectivity index (χ0n) is 14.9. The van der Waals surface area contributed by atoms with Crippen molar-refractivity contribution in [2.75, 3.05) is 11.9 Å². The highest BCUT2D eigenvalue weighted by Gasteiger charge is 2.08. The first-order valence-electron chi connectivity index (χ1n) is 8.62. The molecule has 130 valence electrons. The van der Waals surface area contributed by atoms with E-state index < -0.39 is 0 Å². The summed E-state index contributed by atoms with van der Waals surface area (Å²) in [6.07, 6.45) is 5.29. The minimum Gasteiger partial charge on any atom is -0.370 e.